The lowest BCUT2D eigenvalue weighted by Crippen LogP contribution is -2.24. The monoisotopic (exact) mass is 386 g/mol. The number of nitro benzene ring substituents is 1. The van der Waals surface area contributed by atoms with Gasteiger partial charge in [-0.25, -0.2) is 10.2 Å². The molecule has 2 N–H and O–H groups in total. The molecular weight excluding hydrogens is 364 g/mol. The molecule has 0 aromatic heterocycles. The smallest absolute Gasteiger partial charge is 0.339 e. The number of carbonyl (C=O) groups excluding carboxylic acids is 1. The summed E-state index contributed by atoms with van der Waals surface area (Å²) in [5, 5.41) is 17.9. The Morgan fingerprint density at radius 3 is 2.61 bits per heavy atom. The number of rotatable bonds is 9. The highest BCUT2D eigenvalue weighted by molar-refractivity contribution is 5.90. The van der Waals surface area contributed by atoms with Gasteiger partial charge in [0.05, 0.1) is 24.4 Å². The largest absolute Gasteiger partial charge is 0.490 e. The van der Waals surface area contributed by atoms with Crippen molar-refractivity contribution in [2.24, 2.45) is 5.10 Å². The molecule has 0 spiro atoms. The molecule has 9 heteroatoms. The number of amides is 2. The minimum Gasteiger partial charge on any atom is -0.490 e. The molecule has 0 saturated heterocycles. The highest BCUT2D eigenvalue weighted by Crippen LogP contribution is 2.38. The lowest BCUT2D eigenvalue weighted by atomic mass is 10.2. The summed E-state index contributed by atoms with van der Waals surface area (Å²) in [7, 11) is 0. The van der Waals surface area contributed by atoms with Crippen LogP contribution in [0, 0.1) is 10.1 Å². The Hall–Kier alpha value is -3.62. The number of urea groups is 1. The summed E-state index contributed by atoms with van der Waals surface area (Å²) in [5.74, 6) is 0.334. The van der Waals surface area contributed by atoms with Crippen LogP contribution in [0.5, 0.6) is 11.5 Å². The Balaban J connectivity index is 2.16. The second-order valence-electron chi connectivity index (χ2n) is 5.60. The number of carbonyl (C=O) groups is 1. The number of hydrogen-bond acceptors (Lipinski definition) is 6. The summed E-state index contributed by atoms with van der Waals surface area (Å²) >= 11 is 0. The van der Waals surface area contributed by atoms with Gasteiger partial charge in [0.25, 0.3) is 0 Å². The molecular formula is C19H22N4O5. The summed E-state index contributed by atoms with van der Waals surface area (Å²) in [6.07, 6.45) is 2.00. The van der Waals surface area contributed by atoms with Crippen molar-refractivity contribution in [1.82, 2.24) is 5.43 Å². The van der Waals surface area contributed by atoms with Crippen molar-refractivity contribution in [2.45, 2.75) is 20.3 Å². The van der Waals surface area contributed by atoms with Gasteiger partial charge < -0.3 is 14.8 Å². The van der Waals surface area contributed by atoms with Gasteiger partial charge >= 0.3 is 11.7 Å². The van der Waals surface area contributed by atoms with Gasteiger partial charge in [0, 0.05) is 17.3 Å². The first kappa shape index (κ1) is 20.7. The number of nitrogens with one attached hydrogen (secondary N) is 2. The Bertz CT molecular complexity index is 840. The van der Waals surface area contributed by atoms with Gasteiger partial charge in [-0.3, -0.25) is 10.1 Å². The maximum absolute atomic E-state index is 11.8. The molecule has 148 valence electrons. The molecule has 2 amide bonds. The van der Waals surface area contributed by atoms with Crippen molar-refractivity contribution in [2.75, 3.05) is 18.5 Å². The van der Waals surface area contributed by atoms with Gasteiger partial charge in [-0.1, -0.05) is 25.1 Å². The summed E-state index contributed by atoms with van der Waals surface area (Å²) in [6.45, 7) is 4.32. The number of ether oxygens (including phenoxy) is 2. The molecule has 0 fully saturated rings. The summed E-state index contributed by atoms with van der Waals surface area (Å²) in [4.78, 5) is 22.7. The van der Waals surface area contributed by atoms with Crippen molar-refractivity contribution in [3.05, 3.63) is 58.1 Å². The number of nitro groups is 1. The van der Waals surface area contributed by atoms with E-state index in [1.54, 1.807) is 37.3 Å². The SMILES string of the molecule is CCCOc1c(OCC)cc(/C=N/NC(=O)Nc2ccccc2)cc1[N+](=O)[O-]. The average Bonchev–Trinajstić information content (AvgIpc) is 2.67. The van der Waals surface area contributed by atoms with Crippen LogP contribution >= 0.6 is 0 Å². The molecule has 2 aromatic rings. The molecule has 0 bridgehead atoms. The zero-order chi connectivity index (χ0) is 20.4. The van der Waals surface area contributed by atoms with Crippen LogP contribution in [0.2, 0.25) is 0 Å². The van der Waals surface area contributed by atoms with Crippen LogP contribution < -0.4 is 20.2 Å². The van der Waals surface area contributed by atoms with Crippen LogP contribution in [0.4, 0.5) is 16.2 Å². The predicted molar refractivity (Wildman–Crippen MR) is 106 cm³/mol. The molecule has 0 atom stereocenters. The Labute approximate surface area is 162 Å². The molecule has 0 aliphatic carbocycles. The van der Waals surface area contributed by atoms with Gasteiger partial charge in [-0.05, 0) is 31.5 Å². The maximum atomic E-state index is 11.8. The Morgan fingerprint density at radius 1 is 1.21 bits per heavy atom. The van der Waals surface area contributed by atoms with Gasteiger partial charge in [0.2, 0.25) is 5.75 Å². The van der Waals surface area contributed by atoms with E-state index in [4.69, 9.17) is 9.47 Å². The third-order valence-corrected chi connectivity index (χ3v) is 3.42. The van der Waals surface area contributed by atoms with Crippen LogP contribution in [0.15, 0.2) is 47.6 Å². The predicted octanol–water partition coefficient (Wildman–Crippen LogP) is 3.94. The molecule has 0 radical (unpaired) electrons. The number of anilines is 1. The fourth-order valence-electron chi connectivity index (χ4n) is 2.28. The number of hydrogen-bond donors (Lipinski definition) is 2. The maximum Gasteiger partial charge on any atom is 0.339 e. The fraction of sp³-hybridized carbons (Fsp3) is 0.263. The summed E-state index contributed by atoms with van der Waals surface area (Å²) < 4.78 is 11.0. The van der Waals surface area contributed by atoms with E-state index in [0.29, 0.717) is 30.9 Å². The van der Waals surface area contributed by atoms with Crippen LogP contribution in [0.1, 0.15) is 25.8 Å². The first-order valence-corrected chi connectivity index (χ1v) is 8.78. The molecule has 0 saturated carbocycles. The third kappa shape index (κ3) is 5.97. The second kappa shape index (κ2) is 10.5. The van der Waals surface area contributed by atoms with Gasteiger partial charge in [-0.2, -0.15) is 5.10 Å². The molecule has 2 rings (SSSR count). The van der Waals surface area contributed by atoms with Crippen molar-refractivity contribution in [3.63, 3.8) is 0 Å². The lowest BCUT2D eigenvalue weighted by molar-refractivity contribution is -0.386. The van der Waals surface area contributed by atoms with Crippen LogP contribution in [0.3, 0.4) is 0 Å². The molecule has 0 aliphatic rings. The van der Waals surface area contributed by atoms with Crippen molar-refractivity contribution in [1.29, 1.82) is 0 Å². The topological polar surface area (TPSA) is 115 Å². The van der Waals surface area contributed by atoms with Crippen LogP contribution in [-0.4, -0.2) is 30.4 Å². The van der Waals surface area contributed by atoms with E-state index in [-0.39, 0.29) is 17.2 Å². The van der Waals surface area contributed by atoms with Gasteiger partial charge in [0.15, 0.2) is 5.75 Å². The Kier molecular flexibility index (Phi) is 7.77. The highest BCUT2D eigenvalue weighted by Gasteiger charge is 2.22. The Morgan fingerprint density at radius 2 is 1.96 bits per heavy atom. The number of benzene rings is 2. The normalized spacial score (nSPS) is 10.5. The van der Waals surface area contributed by atoms with Crippen molar-refractivity contribution in [3.8, 4) is 11.5 Å². The summed E-state index contributed by atoms with van der Waals surface area (Å²) in [6, 6.07) is 11.2. The third-order valence-electron chi connectivity index (χ3n) is 3.42. The molecule has 2 aromatic carbocycles. The zero-order valence-corrected chi connectivity index (χ0v) is 15.7. The van der Waals surface area contributed by atoms with Crippen LogP contribution in [-0.2, 0) is 0 Å². The molecule has 0 heterocycles. The molecule has 9 nitrogen and oxygen atoms in total. The van der Waals surface area contributed by atoms with Crippen molar-refractivity contribution >= 4 is 23.6 Å². The van der Waals surface area contributed by atoms with Crippen LogP contribution in [0.25, 0.3) is 0 Å². The minimum atomic E-state index is -0.541. The molecule has 0 unspecified atom stereocenters. The van der Waals surface area contributed by atoms with E-state index in [2.05, 4.69) is 15.8 Å². The molecule has 28 heavy (non-hydrogen) atoms. The van der Waals surface area contributed by atoms with E-state index in [1.807, 2.05) is 13.0 Å². The van der Waals surface area contributed by atoms with E-state index < -0.39 is 11.0 Å². The number of hydrazone groups is 1. The number of nitrogens with zero attached hydrogens (tertiary/aromatic N) is 2. The van der Waals surface area contributed by atoms with E-state index in [1.165, 1.54) is 12.3 Å². The fourth-order valence-corrected chi connectivity index (χ4v) is 2.28. The quantitative estimate of drug-likeness (QED) is 0.385. The zero-order valence-electron chi connectivity index (χ0n) is 15.7. The highest BCUT2D eigenvalue weighted by atomic mass is 16.6. The number of para-hydroxylation sites is 1. The van der Waals surface area contributed by atoms with E-state index in [0.717, 1.165) is 0 Å². The standard InChI is InChI=1S/C19H22N4O5/c1-3-10-28-18-16(23(25)26)11-14(12-17(18)27-4-2)13-20-22-19(24)21-15-8-6-5-7-9-15/h5-9,11-13H,3-4,10H2,1-2H3,(H2,21,22,24)/b20-13+. The average molecular weight is 386 g/mol. The lowest BCUT2D eigenvalue weighted by Gasteiger charge is -2.12. The van der Waals surface area contributed by atoms with Gasteiger partial charge in [0.1, 0.15) is 0 Å². The summed E-state index contributed by atoms with van der Waals surface area (Å²) in [5.41, 5.74) is 3.08. The second-order valence-corrected chi connectivity index (χ2v) is 5.60. The first-order valence-electron chi connectivity index (χ1n) is 8.78. The first-order chi connectivity index (χ1) is 13.5. The van der Waals surface area contributed by atoms with Crippen molar-refractivity contribution < 1.29 is 19.2 Å². The van der Waals surface area contributed by atoms with E-state index >= 15 is 0 Å². The van der Waals surface area contributed by atoms with Gasteiger partial charge in [-0.15, -0.1) is 0 Å². The molecule has 0 aliphatic heterocycles. The minimum absolute atomic E-state index is 0.0839. The van der Waals surface area contributed by atoms with E-state index in [9.17, 15) is 14.9 Å².